The highest BCUT2D eigenvalue weighted by molar-refractivity contribution is 5.86. The van der Waals surface area contributed by atoms with Crippen LogP contribution in [0.3, 0.4) is 0 Å². The van der Waals surface area contributed by atoms with E-state index in [2.05, 4.69) is 5.32 Å². The number of ether oxygens (including phenoxy) is 1. The van der Waals surface area contributed by atoms with Crippen LogP contribution in [-0.4, -0.2) is 35.7 Å². The Labute approximate surface area is 95.2 Å². The highest BCUT2D eigenvalue weighted by Gasteiger charge is 2.28. The van der Waals surface area contributed by atoms with E-state index in [9.17, 15) is 9.59 Å². The average molecular weight is 229 g/mol. The molecule has 5 nitrogen and oxygen atoms in total. The molecule has 0 bridgehead atoms. The van der Waals surface area contributed by atoms with Crippen molar-refractivity contribution < 1.29 is 19.4 Å². The van der Waals surface area contributed by atoms with Crippen LogP contribution in [0.25, 0.3) is 0 Å². The Hall–Kier alpha value is -1.10. The largest absolute Gasteiger partial charge is 0.480 e. The van der Waals surface area contributed by atoms with E-state index in [0.717, 1.165) is 6.42 Å². The molecule has 1 aliphatic rings. The Balaban J connectivity index is 2.47. The topological polar surface area (TPSA) is 75.6 Å². The average Bonchev–Trinajstić information content (AvgIpc) is 2.68. The van der Waals surface area contributed by atoms with Crippen molar-refractivity contribution in [3.8, 4) is 0 Å². The number of hydrogen-bond acceptors (Lipinski definition) is 3. The number of amides is 1. The third-order valence-electron chi connectivity index (χ3n) is 2.54. The van der Waals surface area contributed by atoms with Crippen LogP contribution >= 0.6 is 0 Å². The van der Waals surface area contributed by atoms with Crippen LogP contribution in [0.15, 0.2) is 0 Å². The summed E-state index contributed by atoms with van der Waals surface area (Å²) in [6.07, 6.45) is 1.52. The maximum Gasteiger partial charge on any atom is 0.326 e. The first-order valence-electron chi connectivity index (χ1n) is 5.65. The number of aliphatic carboxylic acids is 1. The first-order valence-corrected chi connectivity index (χ1v) is 5.65. The highest BCUT2D eigenvalue weighted by Crippen LogP contribution is 2.13. The molecule has 16 heavy (non-hydrogen) atoms. The third-order valence-corrected chi connectivity index (χ3v) is 2.54. The van der Waals surface area contributed by atoms with Gasteiger partial charge in [-0.1, -0.05) is 13.8 Å². The molecule has 2 N–H and O–H groups in total. The number of nitrogens with one attached hydrogen (secondary N) is 1. The lowest BCUT2D eigenvalue weighted by molar-refractivity contribution is -0.144. The fourth-order valence-electron chi connectivity index (χ4n) is 1.74. The van der Waals surface area contributed by atoms with Gasteiger partial charge >= 0.3 is 5.97 Å². The van der Waals surface area contributed by atoms with Crippen LogP contribution in [-0.2, 0) is 14.3 Å². The normalized spacial score (nSPS) is 22.1. The van der Waals surface area contributed by atoms with E-state index in [0.29, 0.717) is 19.4 Å². The molecule has 0 radical (unpaired) electrons. The van der Waals surface area contributed by atoms with E-state index in [4.69, 9.17) is 9.84 Å². The van der Waals surface area contributed by atoms with Crippen molar-refractivity contribution >= 4 is 11.9 Å². The summed E-state index contributed by atoms with van der Waals surface area (Å²) in [6, 6.07) is -0.809. The molecule has 2 atom stereocenters. The number of rotatable bonds is 5. The molecular weight excluding hydrogens is 210 g/mol. The lowest BCUT2D eigenvalue weighted by Crippen LogP contribution is -2.45. The van der Waals surface area contributed by atoms with E-state index in [1.54, 1.807) is 0 Å². The number of hydrogen-bond donors (Lipinski definition) is 2. The molecule has 1 rings (SSSR count). The molecule has 1 fully saturated rings. The van der Waals surface area contributed by atoms with Crippen molar-refractivity contribution in [2.45, 2.75) is 45.3 Å². The summed E-state index contributed by atoms with van der Waals surface area (Å²) >= 11 is 0. The molecule has 1 unspecified atom stereocenters. The van der Waals surface area contributed by atoms with Crippen molar-refractivity contribution in [3.05, 3.63) is 0 Å². The Kier molecular flexibility index (Phi) is 4.73. The summed E-state index contributed by atoms with van der Waals surface area (Å²) in [5.74, 6) is -1.06. The van der Waals surface area contributed by atoms with Crippen molar-refractivity contribution in [2.24, 2.45) is 5.92 Å². The summed E-state index contributed by atoms with van der Waals surface area (Å²) in [6.45, 7) is 4.43. The van der Waals surface area contributed by atoms with Gasteiger partial charge in [-0.3, -0.25) is 4.79 Å². The predicted octanol–water partition coefficient (Wildman–Crippen LogP) is 0.781. The summed E-state index contributed by atoms with van der Waals surface area (Å²) in [5, 5.41) is 11.5. The van der Waals surface area contributed by atoms with Gasteiger partial charge in [-0.05, 0) is 25.2 Å². The predicted molar refractivity (Wildman–Crippen MR) is 58.0 cm³/mol. The molecule has 1 heterocycles. The molecule has 0 saturated carbocycles. The second-order valence-electron chi connectivity index (χ2n) is 4.53. The van der Waals surface area contributed by atoms with Crippen LogP contribution in [0.4, 0.5) is 0 Å². The van der Waals surface area contributed by atoms with E-state index >= 15 is 0 Å². The van der Waals surface area contributed by atoms with Gasteiger partial charge in [0.15, 0.2) is 0 Å². The zero-order valence-corrected chi connectivity index (χ0v) is 9.73. The minimum Gasteiger partial charge on any atom is -0.480 e. The maximum atomic E-state index is 11.6. The van der Waals surface area contributed by atoms with Gasteiger partial charge in [0.05, 0.1) is 0 Å². The first kappa shape index (κ1) is 13.0. The van der Waals surface area contributed by atoms with Gasteiger partial charge in [-0.25, -0.2) is 4.79 Å². The molecule has 1 amide bonds. The fraction of sp³-hybridized carbons (Fsp3) is 0.818. The smallest absolute Gasteiger partial charge is 0.326 e. The van der Waals surface area contributed by atoms with Gasteiger partial charge in [-0.2, -0.15) is 0 Å². The van der Waals surface area contributed by atoms with Crippen LogP contribution in [0.1, 0.15) is 33.1 Å². The monoisotopic (exact) mass is 229 g/mol. The van der Waals surface area contributed by atoms with Gasteiger partial charge in [0.1, 0.15) is 12.1 Å². The summed E-state index contributed by atoms with van der Waals surface area (Å²) in [4.78, 5) is 22.6. The molecule has 0 aromatic carbocycles. The molecule has 5 heteroatoms. The van der Waals surface area contributed by atoms with Gasteiger partial charge < -0.3 is 15.2 Å². The Morgan fingerprint density at radius 2 is 2.19 bits per heavy atom. The van der Waals surface area contributed by atoms with Crippen molar-refractivity contribution in [1.82, 2.24) is 5.32 Å². The van der Waals surface area contributed by atoms with E-state index in [-0.39, 0.29) is 11.8 Å². The minimum absolute atomic E-state index is 0.228. The van der Waals surface area contributed by atoms with Crippen molar-refractivity contribution in [2.75, 3.05) is 6.61 Å². The standard InChI is InChI=1S/C11H19NO4/c1-7(2)6-8(11(14)15)12-10(13)9-4-3-5-16-9/h7-9H,3-6H2,1-2H3,(H,12,13)(H,14,15)/t8?,9-/m1/s1. The highest BCUT2D eigenvalue weighted by atomic mass is 16.5. The Morgan fingerprint density at radius 3 is 2.62 bits per heavy atom. The number of carboxylic acids is 1. The molecule has 1 aliphatic heterocycles. The summed E-state index contributed by atoms with van der Waals surface area (Å²) < 4.78 is 5.20. The lowest BCUT2D eigenvalue weighted by Gasteiger charge is -2.18. The van der Waals surface area contributed by atoms with E-state index < -0.39 is 18.1 Å². The number of carbonyl (C=O) groups excluding carboxylic acids is 1. The molecular formula is C11H19NO4. The quantitative estimate of drug-likeness (QED) is 0.730. The Morgan fingerprint density at radius 1 is 1.50 bits per heavy atom. The summed E-state index contributed by atoms with van der Waals surface area (Å²) in [5.41, 5.74) is 0. The first-order chi connectivity index (χ1) is 7.50. The number of carboxylic acid groups (broad SMARTS) is 1. The summed E-state index contributed by atoms with van der Waals surface area (Å²) in [7, 11) is 0. The van der Waals surface area contributed by atoms with Crippen LogP contribution in [0.5, 0.6) is 0 Å². The van der Waals surface area contributed by atoms with Crippen LogP contribution in [0, 0.1) is 5.92 Å². The zero-order chi connectivity index (χ0) is 12.1. The van der Waals surface area contributed by atoms with Gasteiger partial charge in [0.25, 0.3) is 0 Å². The lowest BCUT2D eigenvalue weighted by atomic mass is 10.0. The zero-order valence-electron chi connectivity index (χ0n) is 9.73. The number of carbonyl (C=O) groups is 2. The molecule has 0 aromatic rings. The SMILES string of the molecule is CC(C)CC(NC(=O)[C@H]1CCCO1)C(=O)O. The second kappa shape index (κ2) is 5.84. The second-order valence-corrected chi connectivity index (χ2v) is 4.53. The van der Waals surface area contributed by atoms with Crippen molar-refractivity contribution in [1.29, 1.82) is 0 Å². The van der Waals surface area contributed by atoms with Crippen molar-refractivity contribution in [3.63, 3.8) is 0 Å². The fourth-order valence-corrected chi connectivity index (χ4v) is 1.74. The van der Waals surface area contributed by atoms with Gasteiger partial charge in [-0.15, -0.1) is 0 Å². The van der Waals surface area contributed by atoms with Gasteiger partial charge in [0, 0.05) is 6.61 Å². The van der Waals surface area contributed by atoms with Crippen LogP contribution < -0.4 is 5.32 Å². The maximum absolute atomic E-state index is 11.6. The molecule has 92 valence electrons. The third kappa shape index (κ3) is 3.81. The van der Waals surface area contributed by atoms with E-state index in [1.807, 2.05) is 13.8 Å². The molecule has 0 aromatic heterocycles. The van der Waals surface area contributed by atoms with Crippen LogP contribution in [0.2, 0.25) is 0 Å². The van der Waals surface area contributed by atoms with Gasteiger partial charge in [0.2, 0.25) is 5.91 Å². The molecule has 1 saturated heterocycles. The minimum atomic E-state index is -0.986. The van der Waals surface area contributed by atoms with E-state index in [1.165, 1.54) is 0 Å². The Bertz CT molecular complexity index is 259. The molecule has 0 spiro atoms. The molecule has 0 aliphatic carbocycles.